The van der Waals surface area contributed by atoms with Crippen molar-refractivity contribution in [3.63, 3.8) is 0 Å². The normalized spacial score (nSPS) is 13.3. The zero-order chi connectivity index (χ0) is 48.3. The third kappa shape index (κ3) is 6.86. The topological polar surface area (TPSA) is 3.24 Å². The van der Waals surface area contributed by atoms with Gasteiger partial charge in [0, 0.05) is 48.3 Å². The molecule has 0 amide bonds. The Kier molecular flexibility index (Phi) is 10.2. The molecule has 0 N–H and O–H groups in total. The van der Waals surface area contributed by atoms with E-state index in [1.54, 1.807) is 0 Å². The summed E-state index contributed by atoms with van der Waals surface area (Å²) >= 11 is 1.87. The number of allylic oxidation sites excluding steroid dienone is 4. The molecule has 1 aromatic heterocycles. The molecule has 0 atom stereocenters. The molecule has 0 bridgehead atoms. The second kappa shape index (κ2) is 17.5. The lowest BCUT2D eigenvalue weighted by atomic mass is 9.66. The Labute approximate surface area is 429 Å². The maximum absolute atomic E-state index is 3.65. The second-order valence-electron chi connectivity index (χ2n) is 18.9. The highest BCUT2D eigenvalue weighted by Crippen LogP contribution is 2.58. The minimum atomic E-state index is -0.522. The Bertz CT molecular complexity index is 4200. The van der Waals surface area contributed by atoms with E-state index < -0.39 is 5.41 Å². The highest BCUT2D eigenvalue weighted by Gasteiger charge is 2.48. The lowest BCUT2D eigenvalue weighted by Gasteiger charge is -2.34. The van der Waals surface area contributed by atoms with Crippen LogP contribution in [0.1, 0.15) is 27.8 Å². The SMILES string of the molecule is C1=C=C(c2ccc(N(c3ccc(-c4cccc5c4sc4ccccc45)cc3)c3ccccc3-c3cccc4cccc(-c5ccccc5)c34)cc2)C2=C(C=1)C(c1ccccc1)(c1ccccc1)c1ccccc12. The van der Waals surface area contributed by atoms with E-state index in [4.69, 9.17) is 0 Å². The van der Waals surface area contributed by atoms with E-state index >= 15 is 0 Å². The summed E-state index contributed by atoms with van der Waals surface area (Å²) in [4.78, 5) is 2.43. The van der Waals surface area contributed by atoms with Crippen LogP contribution in [0.2, 0.25) is 0 Å². The van der Waals surface area contributed by atoms with Gasteiger partial charge in [-0.2, -0.15) is 0 Å². The quantitative estimate of drug-likeness (QED) is 0.130. The molecule has 0 radical (unpaired) electrons. The van der Waals surface area contributed by atoms with Crippen molar-refractivity contribution in [3.05, 3.63) is 318 Å². The number of nitrogens with zero attached hydrogens (tertiary/aromatic N) is 1. The summed E-state index contributed by atoms with van der Waals surface area (Å²) in [6.07, 6.45) is 2.17. The molecule has 2 heteroatoms. The lowest BCUT2D eigenvalue weighted by Crippen LogP contribution is -2.29. The fraction of sp³-hybridized carbons (Fsp3) is 0.0141. The van der Waals surface area contributed by atoms with Crippen LogP contribution in [0.25, 0.3) is 75.5 Å². The average Bonchev–Trinajstić information content (AvgIpc) is 4.01. The Hall–Kier alpha value is -9.26. The minimum Gasteiger partial charge on any atom is -0.310 e. The van der Waals surface area contributed by atoms with Gasteiger partial charge >= 0.3 is 0 Å². The number of anilines is 3. The number of benzene rings is 11. The van der Waals surface area contributed by atoms with Gasteiger partial charge in [-0.15, -0.1) is 11.3 Å². The standard InChI is InChI=1S/C71H45NS/c1-4-20-48(21-5-1)56-31-16-22-51-23-17-34-61(68(51)56)59-28-11-14-38-66(59)72(55-46-42-50(43-47-55)58-33-18-35-62-60-29-12-15-39-67(60)73-70(58)62)54-44-40-49(41-45-54)57-32-19-37-65-69(57)63-30-10-13-36-64(63)71(65,52-24-6-2-7-25-52)53-26-8-3-9-27-53/h1-18,20-31,33-47H. The summed E-state index contributed by atoms with van der Waals surface area (Å²) < 4.78 is 2.62. The van der Waals surface area contributed by atoms with Crippen LogP contribution < -0.4 is 4.90 Å². The van der Waals surface area contributed by atoms with Gasteiger partial charge in [-0.1, -0.05) is 242 Å². The van der Waals surface area contributed by atoms with Gasteiger partial charge in [0.2, 0.25) is 0 Å². The Balaban J connectivity index is 0.934. The smallest absolute Gasteiger partial charge is 0.0720 e. The van der Waals surface area contributed by atoms with Gasteiger partial charge in [0.05, 0.1) is 11.1 Å². The monoisotopic (exact) mass is 943 g/mol. The predicted molar refractivity (Wildman–Crippen MR) is 309 cm³/mol. The maximum atomic E-state index is 3.65. The first-order valence-corrected chi connectivity index (χ1v) is 25.8. The molecule has 0 saturated carbocycles. The number of hydrogen-bond donors (Lipinski definition) is 0. The third-order valence-corrected chi connectivity index (χ3v) is 16.3. The Morgan fingerprint density at radius 3 is 1.64 bits per heavy atom. The van der Waals surface area contributed by atoms with Gasteiger partial charge < -0.3 is 4.90 Å². The summed E-state index contributed by atoms with van der Waals surface area (Å²) in [5, 5.41) is 5.05. The van der Waals surface area contributed by atoms with E-state index in [1.165, 1.54) is 92.2 Å². The van der Waals surface area contributed by atoms with E-state index in [-0.39, 0.29) is 0 Å². The predicted octanol–water partition coefficient (Wildman–Crippen LogP) is 19.2. The fourth-order valence-corrected chi connectivity index (χ4v) is 13.1. The largest absolute Gasteiger partial charge is 0.310 e. The molecule has 340 valence electrons. The number of fused-ring (bicyclic) bond motifs is 6. The number of thiophene rings is 1. The van der Waals surface area contributed by atoms with Gasteiger partial charge in [0.15, 0.2) is 0 Å². The lowest BCUT2D eigenvalue weighted by molar-refractivity contribution is 0.761. The average molecular weight is 944 g/mol. The molecule has 0 aliphatic heterocycles. The number of rotatable bonds is 9. The molecule has 1 nitrogen and oxygen atoms in total. The van der Waals surface area contributed by atoms with Crippen molar-refractivity contribution in [3.8, 4) is 33.4 Å². The van der Waals surface area contributed by atoms with Crippen molar-refractivity contribution in [1.82, 2.24) is 0 Å². The molecule has 14 rings (SSSR count). The van der Waals surface area contributed by atoms with Crippen LogP contribution in [0.5, 0.6) is 0 Å². The van der Waals surface area contributed by atoms with Crippen molar-refractivity contribution >= 4 is 70.5 Å². The summed E-state index contributed by atoms with van der Waals surface area (Å²) in [6.45, 7) is 0. The molecule has 2 aliphatic rings. The first-order valence-electron chi connectivity index (χ1n) is 25.0. The molecule has 0 fully saturated rings. The Morgan fingerprint density at radius 2 is 0.918 bits per heavy atom. The molecule has 0 saturated heterocycles. The molecule has 12 aromatic rings. The summed E-state index contributed by atoms with van der Waals surface area (Å²) in [6, 6.07) is 97.7. The molecule has 2 aliphatic carbocycles. The minimum absolute atomic E-state index is 0.522. The van der Waals surface area contributed by atoms with Gasteiger partial charge in [0.1, 0.15) is 0 Å². The van der Waals surface area contributed by atoms with Crippen molar-refractivity contribution in [1.29, 1.82) is 0 Å². The van der Waals surface area contributed by atoms with Gasteiger partial charge in [-0.3, -0.25) is 0 Å². The summed E-state index contributed by atoms with van der Waals surface area (Å²) in [7, 11) is 0. The highest BCUT2D eigenvalue weighted by atomic mass is 32.1. The van der Waals surface area contributed by atoms with Crippen LogP contribution in [-0.2, 0) is 5.41 Å². The van der Waals surface area contributed by atoms with Gasteiger partial charge in [-0.25, -0.2) is 0 Å². The number of hydrogen-bond acceptors (Lipinski definition) is 2. The van der Waals surface area contributed by atoms with E-state index in [2.05, 4.69) is 289 Å². The molecule has 0 spiro atoms. The van der Waals surface area contributed by atoms with Crippen molar-refractivity contribution in [2.24, 2.45) is 0 Å². The molecule has 0 unspecified atom stereocenters. The summed E-state index contributed by atoms with van der Waals surface area (Å²) in [5.41, 5.74) is 26.6. The Morgan fingerprint density at radius 1 is 0.384 bits per heavy atom. The molecule has 73 heavy (non-hydrogen) atoms. The first-order chi connectivity index (χ1) is 36.2. The van der Waals surface area contributed by atoms with Crippen LogP contribution in [0.4, 0.5) is 17.1 Å². The zero-order valence-electron chi connectivity index (χ0n) is 39.8. The molecular weight excluding hydrogens is 899 g/mol. The third-order valence-electron chi connectivity index (χ3n) is 15.0. The van der Waals surface area contributed by atoms with E-state index in [9.17, 15) is 0 Å². The highest BCUT2D eigenvalue weighted by molar-refractivity contribution is 7.26. The number of para-hydroxylation sites is 1. The van der Waals surface area contributed by atoms with Crippen molar-refractivity contribution in [2.45, 2.75) is 5.41 Å². The van der Waals surface area contributed by atoms with Gasteiger partial charge in [-0.05, 0) is 114 Å². The maximum Gasteiger partial charge on any atom is 0.0720 e. The fourth-order valence-electron chi connectivity index (χ4n) is 11.9. The van der Waals surface area contributed by atoms with Crippen LogP contribution in [0, 0.1) is 0 Å². The van der Waals surface area contributed by atoms with Crippen LogP contribution in [-0.4, -0.2) is 0 Å². The van der Waals surface area contributed by atoms with Crippen LogP contribution in [0.3, 0.4) is 0 Å². The molecular formula is C71H45NS. The van der Waals surface area contributed by atoms with Crippen LogP contribution in [0.15, 0.2) is 290 Å². The zero-order valence-corrected chi connectivity index (χ0v) is 40.7. The second-order valence-corrected chi connectivity index (χ2v) is 20.0. The molecule has 1 heterocycles. The van der Waals surface area contributed by atoms with Crippen molar-refractivity contribution in [2.75, 3.05) is 4.90 Å². The van der Waals surface area contributed by atoms with E-state index in [0.717, 1.165) is 33.8 Å². The van der Waals surface area contributed by atoms with Gasteiger partial charge in [0.25, 0.3) is 0 Å². The summed E-state index contributed by atoms with van der Waals surface area (Å²) in [5.74, 6) is 0. The van der Waals surface area contributed by atoms with E-state index in [0.29, 0.717) is 0 Å². The first kappa shape index (κ1) is 42.6. The van der Waals surface area contributed by atoms with E-state index in [1.807, 2.05) is 11.3 Å². The molecule has 11 aromatic carbocycles. The van der Waals surface area contributed by atoms with Crippen molar-refractivity contribution < 1.29 is 0 Å². The van der Waals surface area contributed by atoms with Crippen LogP contribution >= 0.6 is 11.3 Å².